The van der Waals surface area contributed by atoms with Crippen LogP contribution in [-0.4, -0.2) is 10.2 Å². The largest absolute Gasteiger partial charge is 0.309 e. The average molecular weight is 321 g/mol. The molecule has 0 N–H and O–H groups in total. The van der Waals surface area contributed by atoms with E-state index in [0.717, 1.165) is 32.9 Å². The molecule has 2 heterocycles. The van der Waals surface area contributed by atoms with Gasteiger partial charge in [0.05, 0.1) is 16.6 Å². The summed E-state index contributed by atoms with van der Waals surface area (Å²) in [4.78, 5) is 13.2. The van der Waals surface area contributed by atoms with Gasteiger partial charge in [0.25, 0.3) is 0 Å². The molecule has 0 atom stereocenters. The molecule has 0 saturated heterocycles. The average Bonchev–Trinajstić information content (AvgIpc) is 3.07. The zero-order valence-electron chi connectivity index (χ0n) is 13.5. The number of rotatable bonds is 2. The molecular weight excluding hydrogens is 306 g/mol. The second-order valence-corrected chi connectivity index (χ2v) is 6.24. The number of hydrogen-bond donors (Lipinski definition) is 0. The SMILES string of the molecule is O=C(c1ccccc1)c1cc2ccccc2n2c1cc1ccccc12. The number of ketones is 1. The highest BCUT2D eigenvalue weighted by molar-refractivity contribution is 6.16. The lowest BCUT2D eigenvalue weighted by molar-refractivity contribution is 0.104. The van der Waals surface area contributed by atoms with Crippen LogP contribution in [0.4, 0.5) is 0 Å². The van der Waals surface area contributed by atoms with Gasteiger partial charge in [-0.2, -0.15) is 0 Å². The fraction of sp³-hybridized carbons (Fsp3) is 0. The van der Waals surface area contributed by atoms with Crippen LogP contribution in [0.3, 0.4) is 0 Å². The van der Waals surface area contributed by atoms with Gasteiger partial charge in [-0.1, -0.05) is 66.7 Å². The van der Waals surface area contributed by atoms with Crippen LogP contribution in [0, 0.1) is 0 Å². The summed E-state index contributed by atoms with van der Waals surface area (Å²) in [5.41, 5.74) is 4.64. The molecule has 5 aromatic rings. The molecule has 3 aromatic carbocycles. The van der Waals surface area contributed by atoms with Crippen LogP contribution in [-0.2, 0) is 0 Å². The van der Waals surface area contributed by atoms with Crippen molar-refractivity contribution in [2.24, 2.45) is 0 Å². The molecule has 2 heteroatoms. The lowest BCUT2D eigenvalue weighted by atomic mass is 10.0. The maximum absolute atomic E-state index is 13.2. The van der Waals surface area contributed by atoms with E-state index in [2.05, 4.69) is 34.7 Å². The number of benzene rings is 3. The van der Waals surface area contributed by atoms with Crippen molar-refractivity contribution < 1.29 is 4.79 Å². The van der Waals surface area contributed by atoms with Gasteiger partial charge >= 0.3 is 0 Å². The Morgan fingerprint density at radius 3 is 1.84 bits per heavy atom. The van der Waals surface area contributed by atoms with E-state index in [1.807, 2.05) is 60.7 Å². The summed E-state index contributed by atoms with van der Waals surface area (Å²) in [5.74, 6) is 0.0548. The molecule has 0 aliphatic heterocycles. The van der Waals surface area contributed by atoms with Gasteiger partial charge in [-0.15, -0.1) is 0 Å². The lowest BCUT2D eigenvalue weighted by Crippen LogP contribution is -2.04. The molecule has 5 rings (SSSR count). The molecule has 0 radical (unpaired) electrons. The van der Waals surface area contributed by atoms with Crippen LogP contribution in [0.1, 0.15) is 15.9 Å². The highest BCUT2D eigenvalue weighted by atomic mass is 16.1. The summed E-state index contributed by atoms with van der Waals surface area (Å²) in [6, 6.07) is 30.1. The van der Waals surface area contributed by atoms with Gasteiger partial charge in [0.15, 0.2) is 5.78 Å². The molecule has 0 spiro atoms. The molecule has 2 aromatic heterocycles. The Kier molecular flexibility index (Phi) is 2.98. The minimum Gasteiger partial charge on any atom is -0.309 e. The van der Waals surface area contributed by atoms with Crippen LogP contribution < -0.4 is 0 Å². The van der Waals surface area contributed by atoms with Crippen molar-refractivity contribution >= 4 is 33.1 Å². The Morgan fingerprint density at radius 2 is 1.16 bits per heavy atom. The molecule has 25 heavy (non-hydrogen) atoms. The zero-order chi connectivity index (χ0) is 16.8. The summed E-state index contributed by atoms with van der Waals surface area (Å²) < 4.78 is 2.20. The third kappa shape index (κ3) is 2.08. The highest BCUT2D eigenvalue weighted by Crippen LogP contribution is 2.29. The van der Waals surface area contributed by atoms with Crippen LogP contribution in [0.5, 0.6) is 0 Å². The Labute approximate surface area is 144 Å². The molecule has 0 amide bonds. The molecule has 0 bridgehead atoms. The second kappa shape index (κ2) is 5.32. The molecule has 0 fully saturated rings. The third-order valence-electron chi connectivity index (χ3n) is 4.74. The normalized spacial score (nSPS) is 11.4. The Bertz CT molecular complexity index is 1250. The van der Waals surface area contributed by atoms with Crippen LogP contribution in [0.15, 0.2) is 91.0 Å². The van der Waals surface area contributed by atoms with Crippen LogP contribution in [0.2, 0.25) is 0 Å². The lowest BCUT2D eigenvalue weighted by Gasteiger charge is -2.09. The fourth-order valence-electron chi connectivity index (χ4n) is 3.58. The van der Waals surface area contributed by atoms with Crippen molar-refractivity contribution in [2.45, 2.75) is 0 Å². The number of carbonyl (C=O) groups excluding carboxylic acids is 1. The number of fused-ring (bicyclic) bond motifs is 5. The van der Waals surface area contributed by atoms with E-state index in [1.165, 1.54) is 0 Å². The highest BCUT2D eigenvalue weighted by Gasteiger charge is 2.17. The number of hydrogen-bond acceptors (Lipinski definition) is 1. The Balaban J connectivity index is 1.94. The van der Waals surface area contributed by atoms with Crippen LogP contribution >= 0.6 is 0 Å². The van der Waals surface area contributed by atoms with Gasteiger partial charge in [-0.05, 0) is 29.7 Å². The Hall–Kier alpha value is -3.39. The number of pyridine rings is 1. The van der Waals surface area contributed by atoms with Gasteiger partial charge in [0.1, 0.15) is 0 Å². The van der Waals surface area contributed by atoms with Gasteiger partial charge in [0, 0.05) is 16.5 Å². The summed E-state index contributed by atoms with van der Waals surface area (Å²) >= 11 is 0. The van der Waals surface area contributed by atoms with E-state index in [-0.39, 0.29) is 5.78 Å². The molecule has 0 aliphatic rings. The summed E-state index contributed by atoms with van der Waals surface area (Å²) in [6.07, 6.45) is 0. The van der Waals surface area contributed by atoms with Crippen molar-refractivity contribution in [3.63, 3.8) is 0 Å². The summed E-state index contributed by atoms with van der Waals surface area (Å²) in [5, 5.41) is 2.21. The fourth-order valence-corrected chi connectivity index (χ4v) is 3.58. The second-order valence-electron chi connectivity index (χ2n) is 6.24. The van der Waals surface area contributed by atoms with Crippen molar-refractivity contribution in [3.8, 4) is 0 Å². The maximum atomic E-state index is 13.2. The van der Waals surface area contributed by atoms with Gasteiger partial charge in [0.2, 0.25) is 0 Å². The van der Waals surface area contributed by atoms with E-state index in [1.54, 1.807) is 0 Å². The Morgan fingerprint density at radius 1 is 0.600 bits per heavy atom. The first-order valence-electron chi connectivity index (χ1n) is 8.35. The minimum absolute atomic E-state index is 0.0548. The molecule has 0 saturated carbocycles. The quantitative estimate of drug-likeness (QED) is 0.395. The summed E-state index contributed by atoms with van der Waals surface area (Å²) in [7, 11) is 0. The van der Waals surface area contributed by atoms with E-state index in [9.17, 15) is 4.79 Å². The number of carbonyl (C=O) groups is 1. The third-order valence-corrected chi connectivity index (χ3v) is 4.74. The smallest absolute Gasteiger partial charge is 0.195 e. The maximum Gasteiger partial charge on any atom is 0.195 e. The predicted molar refractivity (Wildman–Crippen MR) is 102 cm³/mol. The first kappa shape index (κ1) is 14.0. The molecule has 2 nitrogen and oxygen atoms in total. The number of aromatic nitrogens is 1. The minimum atomic E-state index is 0.0548. The zero-order valence-corrected chi connectivity index (χ0v) is 13.5. The van der Waals surface area contributed by atoms with Crippen molar-refractivity contribution in [1.82, 2.24) is 4.40 Å². The van der Waals surface area contributed by atoms with E-state index >= 15 is 0 Å². The van der Waals surface area contributed by atoms with Crippen molar-refractivity contribution in [3.05, 3.63) is 102 Å². The molecular formula is C23H15NO. The standard InChI is InChI=1S/C23H15NO/c25-23(16-8-2-1-3-9-16)19-14-17-10-4-6-12-20(17)24-21-13-7-5-11-18(21)15-22(19)24/h1-15H. The first-order valence-corrected chi connectivity index (χ1v) is 8.35. The van der Waals surface area contributed by atoms with E-state index in [0.29, 0.717) is 5.56 Å². The van der Waals surface area contributed by atoms with E-state index in [4.69, 9.17) is 0 Å². The van der Waals surface area contributed by atoms with Crippen molar-refractivity contribution in [2.75, 3.05) is 0 Å². The monoisotopic (exact) mass is 321 g/mol. The molecule has 0 unspecified atom stereocenters. The predicted octanol–water partition coefficient (Wildman–Crippen LogP) is 5.48. The number of nitrogens with zero attached hydrogens (tertiary/aromatic N) is 1. The number of para-hydroxylation sites is 2. The van der Waals surface area contributed by atoms with Crippen molar-refractivity contribution in [1.29, 1.82) is 0 Å². The van der Waals surface area contributed by atoms with Gasteiger partial charge in [-0.25, -0.2) is 0 Å². The van der Waals surface area contributed by atoms with Crippen LogP contribution in [0.25, 0.3) is 27.3 Å². The first-order chi connectivity index (χ1) is 12.3. The van der Waals surface area contributed by atoms with Gasteiger partial charge < -0.3 is 4.40 Å². The molecule has 0 aliphatic carbocycles. The van der Waals surface area contributed by atoms with E-state index < -0.39 is 0 Å². The van der Waals surface area contributed by atoms with Gasteiger partial charge in [-0.3, -0.25) is 4.79 Å². The summed E-state index contributed by atoms with van der Waals surface area (Å²) in [6.45, 7) is 0. The topological polar surface area (TPSA) is 21.5 Å². The molecule has 118 valence electrons.